The van der Waals surface area contributed by atoms with Crippen LogP contribution in [-0.4, -0.2) is 25.5 Å². The molecular formula is C20H22N2O3. The summed E-state index contributed by atoms with van der Waals surface area (Å²) in [5, 5.41) is 2.87. The van der Waals surface area contributed by atoms with Gasteiger partial charge >= 0.3 is 0 Å². The highest BCUT2D eigenvalue weighted by Gasteiger charge is 2.35. The number of nitrogens with zero attached hydrogens (tertiary/aromatic N) is 1. The summed E-state index contributed by atoms with van der Waals surface area (Å²) in [5.74, 6) is 0.0397. The van der Waals surface area contributed by atoms with Crippen LogP contribution >= 0.6 is 0 Å². The summed E-state index contributed by atoms with van der Waals surface area (Å²) in [4.78, 5) is 26.7. The molecule has 1 aliphatic rings. The molecule has 1 atom stereocenters. The lowest BCUT2D eigenvalue weighted by atomic mass is 10.1. The summed E-state index contributed by atoms with van der Waals surface area (Å²) in [6.45, 7) is 4.45. The third-order valence-corrected chi connectivity index (χ3v) is 4.66. The molecular weight excluding hydrogens is 316 g/mol. The number of ether oxygens (including phenoxy) is 1. The van der Waals surface area contributed by atoms with Crippen LogP contribution in [0.2, 0.25) is 0 Å². The average molecular weight is 338 g/mol. The molecule has 1 fully saturated rings. The van der Waals surface area contributed by atoms with E-state index in [1.54, 1.807) is 24.1 Å². The molecule has 0 radical (unpaired) electrons. The number of aryl methyl sites for hydroxylation is 2. The Balaban J connectivity index is 1.73. The number of benzene rings is 2. The number of amides is 2. The van der Waals surface area contributed by atoms with Gasteiger partial charge in [-0.2, -0.15) is 0 Å². The molecule has 5 heteroatoms. The normalized spacial score (nSPS) is 16.8. The Morgan fingerprint density at radius 1 is 1.16 bits per heavy atom. The maximum atomic E-state index is 12.6. The van der Waals surface area contributed by atoms with Crippen LogP contribution in [0.25, 0.3) is 0 Å². The van der Waals surface area contributed by atoms with Crippen molar-refractivity contribution in [2.45, 2.75) is 20.3 Å². The van der Waals surface area contributed by atoms with E-state index < -0.39 is 0 Å². The van der Waals surface area contributed by atoms with E-state index in [4.69, 9.17) is 4.74 Å². The van der Waals surface area contributed by atoms with E-state index in [1.165, 1.54) is 5.56 Å². The molecule has 0 unspecified atom stereocenters. The first kappa shape index (κ1) is 17.0. The number of methoxy groups -OCH3 is 1. The van der Waals surface area contributed by atoms with Crippen molar-refractivity contribution in [1.29, 1.82) is 0 Å². The highest BCUT2D eigenvalue weighted by molar-refractivity contribution is 6.04. The summed E-state index contributed by atoms with van der Waals surface area (Å²) in [6.07, 6.45) is 0.216. The van der Waals surface area contributed by atoms with Crippen molar-refractivity contribution >= 4 is 23.2 Å². The van der Waals surface area contributed by atoms with Crippen molar-refractivity contribution in [3.05, 3.63) is 53.6 Å². The van der Waals surface area contributed by atoms with Gasteiger partial charge in [0.25, 0.3) is 0 Å². The van der Waals surface area contributed by atoms with Crippen molar-refractivity contribution in [2.75, 3.05) is 23.9 Å². The van der Waals surface area contributed by atoms with Gasteiger partial charge in [-0.1, -0.05) is 18.2 Å². The molecule has 2 aromatic rings. The maximum absolute atomic E-state index is 12.6. The summed E-state index contributed by atoms with van der Waals surface area (Å²) in [6, 6.07) is 13.2. The monoisotopic (exact) mass is 338 g/mol. The quantitative estimate of drug-likeness (QED) is 0.930. The van der Waals surface area contributed by atoms with Crippen molar-refractivity contribution in [3.63, 3.8) is 0 Å². The molecule has 130 valence electrons. The van der Waals surface area contributed by atoms with E-state index in [1.807, 2.05) is 44.2 Å². The first-order chi connectivity index (χ1) is 12.0. The van der Waals surface area contributed by atoms with Crippen LogP contribution in [0.5, 0.6) is 5.75 Å². The second kappa shape index (κ2) is 6.97. The Morgan fingerprint density at radius 3 is 2.64 bits per heavy atom. The lowest BCUT2D eigenvalue weighted by Gasteiger charge is -2.18. The standard InChI is InChI=1S/C20H22N2O3/c1-13-8-9-16(10-14(13)2)22-12-15(11-19(22)23)20(24)21-17-6-4-5-7-18(17)25-3/h4-10,15H,11-12H2,1-3H3,(H,21,24)/t15-/m0/s1. The van der Waals surface area contributed by atoms with Crippen LogP contribution < -0.4 is 15.0 Å². The first-order valence-electron chi connectivity index (χ1n) is 8.31. The van der Waals surface area contributed by atoms with Crippen LogP contribution in [0.3, 0.4) is 0 Å². The highest BCUT2D eigenvalue weighted by Crippen LogP contribution is 2.29. The molecule has 1 aliphatic heterocycles. The number of hydrogen-bond donors (Lipinski definition) is 1. The fraction of sp³-hybridized carbons (Fsp3) is 0.300. The molecule has 3 rings (SSSR count). The molecule has 1 saturated heterocycles. The zero-order valence-corrected chi connectivity index (χ0v) is 14.7. The van der Waals surface area contributed by atoms with Gasteiger partial charge in [-0.15, -0.1) is 0 Å². The molecule has 0 aliphatic carbocycles. The van der Waals surface area contributed by atoms with Gasteiger partial charge in [0.05, 0.1) is 18.7 Å². The number of hydrogen-bond acceptors (Lipinski definition) is 3. The van der Waals surface area contributed by atoms with Gasteiger partial charge < -0.3 is 15.0 Å². The predicted octanol–water partition coefficient (Wildman–Crippen LogP) is 3.30. The lowest BCUT2D eigenvalue weighted by Crippen LogP contribution is -2.28. The predicted molar refractivity (Wildman–Crippen MR) is 98.0 cm³/mol. The average Bonchev–Trinajstić information content (AvgIpc) is 3.00. The number of rotatable bonds is 4. The molecule has 1 N–H and O–H groups in total. The van der Waals surface area contributed by atoms with Crippen molar-refractivity contribution < 1.29 is 14.3 Å². The molecule has 2 amide bonds. The van der Waals surface area contributed by atoms with Crippen molar-refractivity contribution in [1.82, 2.24) is 0 Å². The van der Waals surface area contributed by atoms with Crippen molar-refractivity contribution in [2.24, 2.45) is 5.92 Å². The van der Waals surface area contributed by atoms with Gasteiger partial charge in [0.15, 0.2) is 0 Å². The van der Waals surface area contributed by atoms with Gasteiger partial charge in [0, 0.05) is 18.7 Å². The molecule has 25 heavy (non-hydrogen) atoms. The van der Waals surface area contributed by atoms with Gasteiger partial charge in [0.1, 0.15) is 5.75 Å². The molecule has 2 aromatic carbocycles. The Morgan fingerprint density at radius 2 is 1.92 bits per heavy atom. The summed E-state index contributed by atoms with van der Waals surface area (Å²) in [7, 11) is 1.56. The zero-order valence-electron chi connectivity index (χ0n) is 14.7. The van der Waals surface area contributed by atoms with Crippen LogP contribution in [0.4, 0.5) is 11.4 Å². The third-order valence-electron chi connectivity index (χ3n) is 4.66. The van der Waals surface area contributed by atoms with Crippen LogP contribution in [0.15, 0.2) is 42.5 Å². The van der Waals surface area contributed by atoms with E-state index in [0.717, 1.165) is 11.3 Å². The second-order valence-corrected chi connectivity index (χ2v) is 6.36. The van der Waals surface area contributed by atoms with Gasteiger partial charge in [0.2, 0.25) is 11.8 Å². The Kier molecular flexibility index (Phi) is 4.74. The molecule has 5 nitrogen and oxygen atoms in total. The van der Waals surface area contributed by atoms with E-state index in [2.05, 4.69) is 5.32 Å². The minimum atomic E-state index is -0.376. The van der Waals surface area contributed by atoms with E-state index in [-0.39, 0.29) is 24.2 Å². The third kappa shape index (κ3) is 3.50. The highest BCUT2D eigenvalue weighted by atomic mass is 16.5. The largest absolute Gasteiger partial charge is 0.495 e. The molecule has 0 bridgehead atoms. The zero-order chi connectivity index (χ0) is 18.0. The summed E-state index contributed by atoms with van der Waals surface area (Å²) < 4.78 is 5.25. The number of nitrogens with one attached hydrogen (secondary N) is 1. The van der Waals surface area contributed by atoms with Gasteiger partial charge in [-0.05, 0) is 49.2 Å². The van der Waals surface area contributed by atoms with Crippen molar-refractivity contribution in [3.8, 4) is 5.75 Å². The fourth-order valence-electron chi connectivity index (χ4n) is 3.01. The van der Waals surface area contributed by atoms with Gasteiger partial charge in [-0.3, -0.25) is 9.59 Å². The maximum Gasteiger partial charge on any atom is 0.229 e. The lowest BCUT2D eigenvalue weighted by molar-refractivity contribution is -0.122. The summed E-state index contributed by atoms with van der Waals surface area (Å²) >= 11 is 0. The molecule has 1 heterocycles. The minimum Gasteiger partial charge on any atom is -0.495 e. The Hall–Kier alpha value is -2.82. The fourth-order valence-corrected chi connectivity index (χ4v) is 3.01. The second-order valence-electron chi connectivity index (χ2n) is 6.36. The van der Waals surface area contributed by atoms with Gasteiger partial charge in [-0.25, -0.2) is 0 Å². The summed E-state index contributed by atoms with van der Waals surface area (Å²) in [5.41, 5.74) is 3.78. The molecule has 0 spiro atoms. The Bertz CT molecular complexity index is 816. The number of carbonyl (C=O) groups is 2. The van der Waals surface area contributed by atoms with Crippen LogP contribution in [-0.2, 0) is 9.59 Å². The van der Waals surface area contributed by atoms with E-state index in [0.29, 0.717) is 18.0 Å². The molecule has 0 saturated carbocycles. The van der Waals surface area contributed by atoms with E-state index >= 15 is 0 Å². The SMILES string of the molecule is COc1ccccc1NC(=O)[C@H]1CC(=O)N(c2ccc(C)c(C)c2)C1. The first-order valence-corrected chi connectivity index (χ1v) is 8.31. The van der Waals surface area contributed by atoms with Crippen LogP contribution in [0, 0.1) is 19.8 Å². The van der Waals surface area contributed by atoms with E-state index in [9.17, 15) is 9.59 Å². The number of anilines is 2. The molecule has 0 aromatic heterocycles. The number of carbonyl (C=O) groups excluding carboxylic acids is 2. The minimum absolute atomic E-state index is 0.0246. The Labute approximate surface area is 147 Å². The topological polar surface area (TPSA) is 58.6 Å². The number of para-hydroxylation sites is 2. The smallest absolute Gasteiger partial charge is 0.229 e. The van der Waals surface area contributed by atoms with Crippen LogP contribution in [0.1, 0.15) is 17.5 Å².